The number of anilines is 3. The van der Waals surface area contributed by atoms with Gasteiger partial charge in [-0.05, 0) is 47.3 Å². The van der Waals surface area contributed by atoms with Crippen molar-refractivity contribution in [2.24, 2.45) is 10.2 Å². The molecule has 0 bridgehead atoms. The molecule has 210 valence electrons. The van der Waals surface area contributed by atoms with Crippen LogP contribution in [0.15, 0.2) is 67.4 Å². The number of azo groups is 1. The summed E-state index contributed by atoms with van der Waals surface area (Å²) in [7, 11) is -10.0. The van der Waals surface area contributed by atoms with E-state index in [1.165, 1.54) is 12.1 Å². The maximum absolute atomic E-state index is 11.8. The SMILES string of the molecule is Nc1nc(Cl)nc(Nc2cc(S(=O)(=O)[O-])cc3cc(SOO[O-])c(N=Nc4ccccc4S(=O)(=O)[O-])c(O)c23)n1.[Na+].[Na+].[Na+]. The van der Waals surface area contributed by atoms with Gasteiger partial charge in [-0.2, -0.15) is 19.3 Å². The van der Waals surface area contributed by atoms with Gasteiger partial charge in [0.15, 0.2) is 5.75 Å². The Morgan fingerprint density at radius 1 is 0.977 bits per heavy atom. The molecule has 0 aliphatic rings. The van der Waals surface area contributed by atoms with Gasteiger partial charge in [0.1, 0.15) is 31.6 Å². The van der Waals surface area contributed by atoms with E-state index >= 15 is 0 Å². The number of nitrogens with two attached hydrogens (primary N) is 1. The molecule has 0 saturated carbocycles. The number of hydrogen-bond donors (Lipinski definition) is 3. The van der Waals surface area contributed by atoms with E-state index in [1.54, 1.807) is 0 Å². The maximum Gasteiger partial charge on any atom is 1.00 e. The predicted octanol–water partition coefficient (Wildman–Crippen LogP) is -6.82. The van der Waals surface area contributed by atoms with Crippen molar-refractivity contribution < 1.29 is 134 Å². The molecule has 4 rings (SSSR count). The first-order chi connectivity index (χ1) is 18.8. The number of aromatic nitrogens is 3. The van der Waals surface area contributed by atoms with Crippen molar-refractivity contribution in [3.8, 4) is 5.75 Å². The number of halogens is 1. The van der Waals surface area contributed by atoms with Gasteiger partial charge in [0.2, 0.25) is 17.2 Å². The van der Waals surface area contributed by atoms with Crippen LogP contribution in [0, 0.1) is 0 Å². The molecule has 1 aromatic heterocycles. The minimum absolute atomic E-state index is 0. The number of nitrogen functional groups attached to an aromatic ring is 1. The second-order valence-electron chi connectivity index (χ2n) is 7.35. The first-order valence-corrected chi connectivity index (χ1v) is 14.0. The van der Waals surface area contributed by atoms with Gasteiger partial charge in [-0.15, -0.1) is 10.2 Å². The summed E-state index contributed by atoms with van der Waals surface area (Å²) >= 11 is 5.99. The van der Waals surface area contributed by atoms with Crippen molar-refractivity contribution in [2.75, 3.05) is 11.1 Å². The molecule has 0 amide bonds. The molecule has 43 heavy (non-hydrogen) atoms. The average molecular weight is 698 g/mol. The van der Waals surface area contributed by atoms with E-state index in [0.29, 0.717) is 0 Å². The van der Waals surface area contributed by atoms with Crippen molar-refractivity contribution in [2.45, 2.75) is 14.7 Å². The number of fused-ring (bicyclic) bond motifs is 1. The van der Waals surface area contributed by atoms with Gasteiger partial charge in [-0.1, -0.05) is 12.1 Å². The second kappa shape index (κ2) is 16.7. The van der Waals surface area contributed by atoms with Crippen LogP contribution in [0.3, 0.4) is 0 Å². The Balaban J connectivity index is 0.00000308. The molecule has 24 heteroatoms. The fourth-order valence-electron chi connectivity index (χ4n) is 3.31. The molecule has 0 unspecified atom stereocenters. The van der Waals surface area contributed by atoms with Crippen molar-refractivity contribution in [1.29, 1.82) is 0 Å². The Morgan fingerprint density at radius 2 is 1.65 bits per heavy atom. The van der Waals surface area contributed by atoms with Gasteiger partial charge in [0.05, 0.1) is 32.4 Å². The molecule has 1 heterocycles. The van der Waals surface area contributed by atoms with Crippen LogP contribution in [-0.2, 0) is 29.6 Å². The van der Waals surface area contributed by atoms with Crippen molar-refractivity contribution >= 4 is 83.6 Å². The van der Waals surface area contributed by atoms with Crippen LogP contribution in [0.2, 0.25) is 5.28 Å². The Hall–Kier alpha value is -0.730. The maximum atomic E-state index is 11.8. The minimum atomic E-state index is -5.06. The summed E-state index contributed by atoms with van der Waals surface area (Å²) in [6.07, 6.45) is 0. The van der Waals surface area contributed by atoms with Crippen LogP contribution in [0.4, 0.5) is 29.0 Å². The van der Waals surface area contributed by atoms with Gasteiger partial charge < -0.3 is 30.5 Å². The Morgan fingerprint density at radius 3 is 2.26 bits per heavy atom. The largest absolute Gasteiger partial charge is 1.00 e. The van der Waals surface area contributed by atoms with E-state index < -0.39 is 47.2 Å². The summed E-state index contributed by atoms with van der Waals surface area (Å²) in [4.78, 5) is 9.47. The summed E-state index contributed by atoms with van der Waals surface area (Å²) < 4.78 is 74.6. The number of rotatable bonds is 9. The second-order valence-corrected chi connectivity index (χ2v) is 11.2. The average Bonchev–Trinajstić information content (AvgIpc) is 2.85. The number of hydrogen-bond acceptors (Lipinski definition) is 18. The van der Waals surface area contributed by atoms with Crippen LogP contribution in [0.5, 0.6) is 5.75 Å². The van der Waals surface area contributed by atoms with E-state index in [-0.39, 0.29) is 139 Å². The topological polar surface area (TPSA) is 278 Å². The first-order valence-electron chi connectivity index (χ1n) is 10.1. The van der Waals surface area contributed by atoms with E-state index in [0.717, 1.165) is 30.3 Å². The molecule has 0 aliphatic heterocycles. The summed E-state index contributed by atoms with van der Waals surface area (Å²) in [5.74, 6) is -1.37. The third-order valence-corrected chi connectivity index (χ3v) is 7.31. The smallest absolute Gasteiger partial charge is 0.744 e. The number of nitrogens with zero attached hydrogens (tertiary/aromatic N) is 5. The first kappa shape index (κ1) is 40.3. The summed E-state index contributed by atoms with van der Waals surface area (Å²) in [6, 6.07) is 7.67. The third-order valence-electron chi connectivity index (χ3n) is 4.83. The van der Waals surface area contributed by atoms with E-state index in [2.05, 4.69) is 39.9 Å². The van der Waals surface area contributed by atoms with Crippen LogP contribution in [0.1, 0.15) is 0 Å². The third kappa shape index (κ3) is 10.1. The number of aromatic hydroxyl groups is 1. The zero-order chi connectivity index (χ0) is 29.2. The zero-order valence-electron chi connectivity index (χ0n) is 22.1. The molecule has 3 aromatic carbocycles. The molecular formula is C19H11ClN7Na3O10S3. The number of phenolic OH excluding ortho intramolecular Hbond substituents is 1. The zero-order valence-corrected chi connectivity index (χ0v) is 31.3. The van der Waals surface area contributed by atoms with Crippen LogP contribution in [0.25, 0.3) is 10.8 Å². The molecule has 0 atom stereocenters. The summed E-state index contributed by atoms with van der Waals surface area (Å²) in [6.45, 7) is 0. The molecule has 0 fully saturated rings. The van der Waals surface area contributed by atoms with Crippen molar-refractivity contribution in [3.05, 3.63) is 47.7 Å². The van der Waals surface area contributed by atoms with Gasteiger partial charge in [-0.3, -0.25) is 5.04 Å². The standard InChI is InChI=1S/C19H14ClN7O10S3.3Na/c20-17-23-18(21)25-19(24-17)22-11-7-9(39(30,31)32)5-8-6-12(38-37-36-29)15(16(28)14(8)11)27-26-10-3-1-2-4-13(10)40(33,34)35;;;/h1-7,28-29H,(H,30,31,32)(H,33,34,35)(H3,21,22,23,24,25);;;/q;3*+1/p-3. The minimum Gasteiger partial charge on any atom is -0.744 e. The molecule has 4 N–H and O–H groups in total. The van der Waals surface area contributed by atoms with E-state index in [1.807, 2.05) is 0 Å². The Bertz CT molecular complexity index is 1870. The molecule has 0 radical (unpaired) electrons. The van der Waals surface area contributed by atoms with Crippen LogP contribution < -0.4 is 105 Å². The van der Waals surface area contributed by atoms with Gasteiger partial charge in [0.25, 0.3) is 0 Å². The van der Waals surface area contributed by atoms with E-state index in [4.69, 9.17) is 17.3 Å². The predicted molar refractivity (Wildman–Crippen MR) is 133 cm³/mol. The van der Waals surface area contributed by atoms with Gasteiger partial charge >= 0.3 is 88.7 Å². The molecular weight excluding hydrogens is 687 g/mol. The van der Waals surface area contributed by atoms with Crippen LogP contribution >= 0.6 is 23.6 Å². The van der Waals surface area contributed by atoms with Gasteiger partial charge in [0, 0.05) is 5.39 Å². The normalized spacial score (nSPS) is 11.4. The molecule has 0 saturated heterocycles. The Kier molecular flexibility index (Phi) is 15.7. The summed E-state index contributed by atoms with van der Waals surface area (Å²) in [5, 5.41) is 34.5. The molecule has 4 aromatic rings. The fraction of sp³-hybridized carbons (Fsp3) is 0. The molecule has 17 nitrogen and oxygen atoms in total. The molecule has 0 spiro atoms. The Labute approximate surface area is 318 Å². The number of nitrogens with one attached hydrogen (secondary N) is 1. The quantitative estimate of drug-likeness (QED) is 0.0366. The number of phenols is 1. The monoisotopic (exact) mass is 697 g/mol. The van der Waals surface area contributed by atoms with Crippen molar-refractivity contribution in [1.82, 2.24) is 15.0 Å². The molecule has 0 aliphatic carbocycles. The van der Waals surface area contributed by atoms with Gasteiger partial charge in [-0.25, -0.2) is 16.8 Å². The van der Waals surface area contributed by atoms with E-state index in [9.17, 15) is 36.3 Å². The number of benzene rings is 3. The van der Waals surface area contributed by atoms with Crippen molar-refractivity contribution in [3.63, 3.8) is 0 Å². The summed E-state index contributed by atoms with van der Waals surface area (Å²) in [5.41, 5.74) is 4.44. The fourth-order valence-corrected chi connectivity index (χ4v) is 5.11. The van der Waals surface area contributed by atoms with Crippen LogP contribution in [-0.4, -0.2) is 46.0 Å².